The first-order valence-corrected chi connectivity index (χ1v) is 14.1. The lowest BCUT2D eigenvalue weighted by Gasteiger charge is -2.40. The summed E-state index contributed by atoms with van der Waals surface area (Å²) in [4.78, 5) is 31.6. The van der Waals surface area contributed by atoms with Gasteiger partial charge in [0.1, 0.15) is 6.04 Å². The van der Waals surface area contributed by atoms with Gasteiger partial charge in [-0.05, 0) is 82.5 Å². The van der Waals surface area contributed by atoms with E-state index in [2.05, 4.69) is 51.6 Å². The number of rotatable bonds is 9. The molecule has 2 N–H and O–H groups in total. The van der Waals surface area contributed by atoms with E-state index in [0.717, 1.165) is 58.2 Å². The maximum absolute atomic E-state index is 14.0. The van der Waals surface area contributed by atoms with Crippen LogP contribution in [0.5, 0.6) is 0 Å². The molecule has 1 saturated carbocycles. The van der Waals surface area contributed by atoms with E-state index in [-0.39, 0.29) is 29.8 Å². The number of likely N-dealkylation sites (N-methyl/N-ethyl adjacent to an activating group) is 2. The van der Waals surface area contributed by atoms with Crippen LogP contribution >= 0.6 is 0 Å². The number of carbonyl (C=O) groups excluding carboxylic acids is 2. The van der Waals surface area contributed by atoms with Crippen molar-refractivity contribution in [3.8, 4) is 0 Å². The number of benzene rings is 1. The van der Waals surface area contributed by atoms with Gasteiger partial charge in [0.05, 0.1) is 6.04 Å². The molecule has 1 aromatic rings. The van der Waals surface area contributed by atoms with Gasteiger partial charge in [-0.25, -0.2) is 0 Å². The molecule has 35 heavy (non-hydrogen) atoms. The number of fused-ring (bicyclic) bond motifs is 1. The molecule has 2 fully saturated rings. The van der Waals surface area contributed by atoms with Gasteiger partial charge in [-0.3, -0.25) is 14.5 Å². The van der Waals surface area contributed by atoms with Crippen LogP contribution in [0.3, 0.4) is 0 Å². The molecule has 1 saturated heterocycles. The molecule has 0 bridgehead atoms. The Morgan fingerprint density at radius 3 is 2.57 bits per heavy atom. The fourth-order valence-corrected chi connectivity index (χ4v) is 6.61. The highest BCUT2D eigenvalue weighted by Gasteiger charge is 2.39. The third-order valence-corrected chi connectivity index (χ3v) is 8.80. The lowest BCUT2D eigenvalue weighted by atomic mass is 9.83. The molecule has 2 aliphatic carbocycles. The van der Waals surface area contributed by atoms with Gasteiger partial charge in [0.25, 0.3) is 0 Å². The standard InChI is InChI=1S/C29H46N4O2/c1-4-32(26-18-10-15-22-12-8-9-17-25(22)26)20-24-16-11-19-33(24)29(35)27(23-13-6-5-7-14-23)31-28(34)21(2)30-3/h8-9,12,17,21,23-24,26-27,30H,4-7,10-11,13-16,18-20H2,1-3H3,(H,31,34)/t21-,24-,26?,27-/m0/s1. The van der Waals surface area contributed by atoms with Gasteiger partial charge in [0, 0.05) is 25.2 Å². The average molecular weight is 483 g/mol. The van der Waals surface area contributed by atoms with Crippen molar-refractivity contribution in [2.24, 2.45) is 5.92 Å². The Bertz CT molecular complexity index is 853. The zero-order chi connectivity index (χ0) is 24.8. The van der Waals surface area contributed by atoms with Gasteiger partial charge in [-0.15, -0.1) is 0 Å². The van der Waals surface area contributed by atoms with E-state index in [4.69, 9.17) is 0 Å². The summed E-state index contributed by atoms with van der Waals surface area (Å²) in [5.74, 6) is 0.329. The molecule has 0 spiro atoms. The summed E-state index contributed by atoms with van der Waals surface area (Å²) in [6, 6.07) is 8.87. The second-order valence-corrected chi connectivity index (χ2v) is 10.9. The molecule has 1 aromatic carbocycles. The first kappa shape index (κ1) is 26.2. The first-order chi connectivity index (χ1) is 17.0. The molecular weight excluding hydrogens is 436 g/mol. The largest absolute Gasteiger partial charge is 0.343 e. The maximum Gasteiger partial charge on any atom is 0.245 e. The molecule has 4 atom stereocenters. The topological polar surface area (TPSA) is 64.7 Å². The summed E-state index contributed by atoms with van der Waals surface area (Å²) in [5, 5.41) is 6.20. The first-order valence-electron chi connectivity index (χ1n) is 14.1. The van der Waals surface area contributed by atoms with Crippen LogP contribution in [-0.4, -0.2) is 66.4 Å². The number of nitrogens with one attached hydrogen (secondary N) is 2. The highest BCUT2D eigenvalue weighted by molar-refractivity contribution is 5.90. The van der Waals surface area contributed by atoms with Crippen LogP contribution in [0.4, 0.5) is 0 Å². The third-order valence-electron chi connectivity index (χ3n) is 8.80. The van der Waals surface area contributed by atoms with Crippen LogP contribution in [-0.2, 0) is 16.0 Å². The molecule has 2 amide bonds. The van der Waals surface area contributed by atoms with Crippen LogP contribution in [0, 0.1) is 5.92 Å². The molecule has 194 valence electrons. The van der Waals surface area contributed by atoms with Crippen LogP contribution in [0.15, 0.2) is 24.3 Å². The summed E-state index contributed by atoms with van der Waals surface area (Å²) >= 11 is 0. The quantitative estimate of drug-likeness (QED) is 0.557. The van der Waals surface area contributed by atoms with Crippen molar-refractivity contribution in [1.82, 2.24) is 20.4 Å². The van der Waals surface area contributed by atoms with E-state index >= 15 is 0 Å². The Balaban J connectivity index is 1.49. The number of aryl methyl sites for hydroxylation is 1. The summed E-state index contributed by atoms with van der Waals surface area (Å²) < 4.78 is 0. The van der Waals surface area contributed by atoms with Gasteiger partial charge < -0.3 is 15.5 Å². The molecular formula is C29H46N4O2. The van der Waals surface area contributed by atoms with Crippen LogP contribution in [0.25, 0.3) is 0 Å². The summed E-state index contributed by atoms with van der Waals surface area (Å²) in [7, 11) is 1.79. The molecule has 3 aliphatic rings. The van der Waals surface area contributed by atoms with Crippen molar-refractivity contribution >= 4 is 11.8 Å². The number of carbonyl (C=O) groups is 2. The predicted octanol–water partition coefficient (Wildman–Crippen LogP) is 4.05. The van der Waals surface area contributed by atoms with Gasteiger partial charge in [0.15, 0.2) is 0 Å². The molecule has 1 heterocycles. The SMILES string of the molecule is CCN(C[C@@H]1CCCN1C(=O)[C@@H](NC(=O)[C@H](C)NC)C1CCCCC1)C1CCCc2ccccc21. The van der Waals surface area contributed by atoms with E-state index in [1.54, 1.807) is 7.05 Å². The van der Waals surface area contributed by atoms with E-state index in [1.807, 2.05) is 6.92 Å². The second-order valence-electron chi connectivity index (χ2n) is 10.9. The Morgan fingerprint density at radius 1 is 1.06 bits per heavy atom. The molecule has 6 nitrogen and oxygen atoms in total. The van der Waals surface area contributed by atoms with Crippen molar-refractivity contribution in [3.63, 3.8) is 0 Å². The summed E-state index contributed by atoms with van der Waals surface area (Å²) in [6.45, 7) is 6.82. The van der Waals surface area contributed by atoms with Crippen LogP contribution < -0.4 is 10.6 Å². The lowest BCUT2D eigenvalue weighted by Crippen LogP contribution is -2.57. The molecule has 1 aliphatic heterocycles. The molecule has 6 heteroatoms. The van der Waals surface area contributed by atoms with Gasteiger partial charge in [-0.1, -0.05) is 50.5 Å². The van der Waals surface area contributed by atoms with Crippen molar-refractivity contribution in [2.75, 3.05) is 26.7 Å². The zero-order valence-electron chi connectivity index (χ0n) is 22.1. The van der Waals surface area contributed by atoms with Gasteiger partial charge >= 0.3 is 0 Å². The molecule has 0 aromatic heterocycles. The summed E-state index contributed by atoms with van der Waals surface area (Å²) in [5.41, 5.74) is 2.96. The van der Waals surface area contributed by atoms with Crippen molar-refractivity contribution in [2.45, 2.75) is 102 Å². The van der Waals surface area contributed by atoms with E-state index in [9.17, 15) is 9.59 Å². The van der Waals surface area contributed by atoms with Crippen LogP contribution in [0.1, 0.15) is 88.8 Å². The number of hydrogen-bond donors (Lipinski definition) is 2. The normalized spacial score (nSPS) is 24.7. The molecule has 0 radical (unpaired) electrons. The number of nitrogens with zero attached hydrogens (tertiary/aromatic N) is 2. The Labute approximate surface area is 212 Å². The van der Waals surface area contributed by atoms with Crippen molar-refractivity contribution in [1.29, 1.82) is 0 Å². The Hall–Kier alpha value is -1.92. The number of likely N-dealkylation sites (tertiary alicyclic amines) is 1. The lowest BCUT2D eigenvalue weighted by molar-refractivity contribution is -0.139. The minimum Gasteiger partial charge on any atom is -0.343 e. The fraction of sp³-hybridized carbons (Fsp3) is 0.724. The highest BCUT2D eigenvalue weighted by Crippen LogP contribution is 2.35. The summed E-state index contributed by atoms with van der Waals surface area (Å²) in [6.07, 6.45) is 11.3. The van der Waals surface area contributed by atoms with E-state index in [1.165, 1.54) is 36.8 Å². The monoisotopic (exact) mass is 482 g/mol. The Morgan fingerprint density at radius 2 is 1.83 bits per heavy atom. The Kier molecular flexibility index (Phi) is 9.23. The van der Waals surface area contributed by atoms with Gasteiger partial charge in [0.2, 0.25) is 11.8 Å². The molecule has 4 rings (SSSR count). The van der Waals surface area contributed by atoms with Gasteiger partial charge in [-0.2, -0.15) is 0 Å². The van der Waals surface area contributed by atoms with Crippen LogP contribution in [0.2, 0.25) is 0 Å². The number of amides is 2. The third kappa shape index (κ3) is 6.08. The predicted molar refractivity (Wildman–Crippen MR) is 141 cm³/mol. The maximum atomic E-state index is 14.0. The fourth-order valence-electron chi connectivity index (χ4n) is 6.61. The smallest absolute Gasteiger partial charge is 0.245 e. The average Bonchev–Trinajstić information content (AvgIpc) is 3.37. The minimum atomic E-state index is -0.398. The molecule has 1 unspecified atom stereocenters. The minimum absolute atomic E-state index is 0.0684. The van der Waals surface area contributed by atoms with E-state index in [0.29, 0.717) is 6.04 Å². The van der Waals surface area contributed by atoms with Crippen molar-refractivity contribution in [3.05, 3.63) is 35.4 Å². The highest BCUT2D eigenvalue weighted by atomic mass is 16.2. The van der Waals surface area contributed by atoms with Crippen molar-refractivity contribution < 1.29 is 9.59 Å². The number of hydrogen-bond acceptors (Lipinski definition) is 4. The zero-order valence-corrected chi connectivity index (χ0v) is 22.1. The second kappa shape index (κ2) is 12.4. The van der Waals surface area contributed by atoms with E-state index < -0.39 is 6.04 Å².